The molecule has 1 atom stereocenters. The van der Waals surface area contributed by atoms with Crippen LogP contribution in [-0.4, -0.2) is 28.6 Å². The van der Waals surface area contributed by atoms with Gasteiger partial charge in [-0.15, -0.1) is 0 Å². The number of nitrogens with one attached hydrogen (secondary N) is 1. The molecule has 6 nitrogen and oxygen atoms in total. The van der Waals surface area contributed by atoms with Crippen molar-refractivity contribution < 1.29 is 14.8 Å². The van der Waals surface area contributed by atoms with Crippen molar-refractivity contribution in [2.75, 3.05) is 6.54 Å². The lowest BCUT2D eigenvalue weighted by molar-refractivity contribution is -0.385. The molecule has 110 valence electrons. The van der Waals surface area contributed by atoms with E-state index in [0.29, 0.717) is 13.0 Å². The minimum atomic E-state index is -0.574. The van der Waals surface area contributed by atoms with E-state index in [-0.39, 0.29) is 16.7 Å². The van der Waals surface area contributed by atoms with Crippen molar-refractivity contribution in [3.63, 3.8) is 0 Å². The summed E-state index contributed by atoms with van der Waals surface area (Å²) >= 11 is 0. The maximum atomic E-state index is 12.0. The summed E-state index contributed by atoms with van der Waals surface area (Å²) in [6, 6.07) is 5.83. The van der Waals surface area contributed by atoms with Crippen molar-refractivity contribution in [1.82, 2.24) is 5.32 Å². The summed E-state index contributed by atoms with van der Waals surface area (Å²) in [5.41, 5.74) is -0.448. The van der Waals surface area contributed by atoms with E-state index < -0.39 is 16.9 Å². The van der Waals surface area contributed by atoms with Crippen LogP contribution in [0.4, 0.5) is 5.69 Å². The van der Waals surface area contributed by atoms with E-state index in [9.17, 15) is 20.0 Å². The number of benzene rings is 1. The Kier molecular flexibility index (Phi) is 5.21. The van der Waals surface area contributed by atoms with Gasteiger partial charge in [0.25, 0.3) is 11.6 Å². The Morgan fingerprint density at radius 1 is 1.45 bits per heavy atom. The minimum Gasteiger partial charge on any atom is -0.393 e. The number of carbonyl (C=O) groups excluding carboxylic acids is 1. The molecule has 0 fully saturated rings. The number of hydrogen-bond acceptors (Lipinski definition) is 4. The van der Waals surface area contributed by atoms with Crippen LogP contribution in [0.2, 0.25) is 0 Å². The van der Waals surface area contributed by atoms with E-state index in [1.165, 1.54) is 18.2 Å². The van der Waals surface area contributed by atoms with E-state index in [0.717, 1.165) is 0 Å². The highest BCUT2D eigenvalue weighted by Gasteiger charge is 2.24. The van der Waals surface area contributed by atoms with Gasteiger partial charge in [-0.2, -0.15) is 0 Å². The molecule has 0 aromatic heterocycles. The molecule has 1 aromatic carbocycles. The molecule has 0 spiro atoms. The van der Waals surface area contributed by atoms with E-state index in [1.807, 2.05) is 13.8 Å². The molecule has 0 aliphatic rings. The van der Waals surface area contributed by atoms with Crippen LogP contribution in [0.1, 0.15) is 37.6 Å². The third-order valence-corrected chi connectivity index (χ3v) is 2.92. The van der Waals surface area contributed by atoms with Gasteiger partial charge in [0, 0.05) is 12.6 Å². The average Bonchev–Trinajstić information content (AvgIpc) is 2.34. The van der Waals surface area contributed by atoms with Crippen molar-refractivity contribution in [1.29, 1.82) is 0 Å². The second-order valence-corrected chi connectivity index (χ2v) is 5.67. The number of carbonyl (C=O) groups is 1. The Balaban J connectivity index is 2.75. The average molecular weight is 280 g/mol. The highest BCUT2D eigenvalue weighted by molar-refractivity contribution is 5.98. The Morgan fingerprint density at radius 2 is 2.05 bits per heavy atom. The molecule has 20 heavy (non-hydrogen) atoms. The fourth-order valence-corrected chi connectivity index (χ4v) is 2.11. The van der Waals surface area contributed by atoms with Crippen LogP contribution >= 0.6 is 0 Å². The van der Waals surface area contributed by atoms with Crippen molar-refractivity contribution in [2.45, 2.75) is 33.3 Å². The van der Waals surface area contributed by atoms with Gasteiger partial charge >= 0.3 is 0 Å². The topological polar surface area (TPSA) is 92.5 Å². The van der Waals surface area contributed by atoms with Crippen molar-refractivity contribution in [3.05, 3.63) is 39.9 Å². The first-order valence-corrected chi connectivity index (χ1v) is 6.42. The summed E-state index contributed by atoms with van der Waals surface area (Å²) in [6.07, 6.45) is 0.0671. The van der Waals surface area contributed by atoms with E-state index in [1.54, 1.807) is 13.0 Å². The molecule has 0 saturated heterocycles. The fourth-order valence-electron chi connectivity index (χ4n) is 2.11. The van der Waals surface area contributed by atoms with Gasteiger partial charge in [0.05, 0.1) is 11.0 Å². The number of aliphatic hydroxyl groups is 1. The van der Waals surface area contributed by atoms with Gasteiger partial charge in [-0.3, -0.25) is 14.9 Å². The van der Waals surface area contributed by atoms with Crippen molar-refractivity contribution in [3.8, 4) is 0 Å². The Labute approximate surface area is 118 Å². The molecule has 0 saturated carbocycles. The second-order valence-electron chi connectivity index (χ2n) is 5.67. The van der Waals surface area contributed by atoms with Gasteiger partial charge in [0.1, 0.15) is 5.56 Å². The van der Waals surface area contributed by atoms with Crippen LogP contribution in [0, 0.1) is 15.5 Å². The zero-order valence-corrected chi connectivity index (χ0v) is 11.9. The molecular formula is C14H20N2O4. The Bertz CT molecular complexity index is 498. The van der Waals surface area contributed by atoms with Gasteiger partial charge in [0.2, 0.25) is 0 Å². The number of aliphatic hydroxyl groups excluding tert-OH is 1. The quantitative estimate of drug-likeness (QED) is 0.616. The molecule has 1 rings (SSSR count). The van der Waals surface area contributed by atoms with Gasteiger partial charge in [-0.25, -0.2) is 0 Å². The third kappa shape index (κ3) is 4.62. The molecule has 0 aliphatic carbocycles. The summed E-state index contributed by atoms with van der Waals surface area (Å²) in [4.78, 5) is 22.3. The van der Waals surface area contributed by atoms with Crippen LogP contribution in [-0.2, 0) is 0 Å². The molecule has 0 aliphatic heterocycles. The predicted molar refractivity (Wildman–Crippen MR) is 75.5 cm³/mol. The minimum absolute atomic E-state index is 0.0466. The summed E-state index contributed by atoms with van der Waals surface area (Å²) in [5, 5.41) is 22.9. The first kappa shape index (κ1) is 16.1. The zero-order valence-electron chi connectivity index (χ0n) is 11.9. The number of amides is 1. The molecule has 0 radical (unpaired) electrons. The molecule has 1 amide bonds. The Morgan fingerprint density at radius 3 is 2.60 bits per heavy atom. The lowest BCUT2D eigenvalue weighted by atomic mass is 9.87. The lowest BCUT2D eigenvalue weighted by Crippen LogP contribution is -2.35. The van der Waals surface area contributed by atoms with Crippen LogP contribution in [0.15, 0.2) is 24.3 Å². The fraction of sp³-hybridized carbons (Fsp3) is 0.500. The lowest BCUT2D eigenvalue weighted by Gasteiger charge is -2.26. The summed E-state index contributed by atoms with van der Waals surface area (Å²) in [7, 11) is 0. The van der Waals surface area contributed by atoms with Crippen molar-refractivity contribution in [2.24, 2.45) is 5.41 Å². The normalized spacial score (nSPS) is 12.8. The highest BCUT2D eigenvalue weighted by Crippen LogP contribution is 2.22. The molecule has 0 heterocycles. The Hall–Kier alpha value is -1.95. The van der Waals surface area contributed by atoms with Crippen molar-refractivity contribution >= 4 is 11.6 Å². The highest BCUT2D eigenvalue weighted by atomic mass is 16.6. The summed E-state index contributed by atoms with van der Waals surface area (Å²) < 4.78 is 0. The molecule has 1 aromatic rings. The summed E-state index contributed by atoms with van der Waals surface area (Å²) in [6.45, 7) is 5.85. The number of hydrogen-bond donors (Lipinski definition) is 2. The van der Waals surface area contributed by atoms with E-state index in [4.69, 9.17) is 0 Å². The molecule has 1 unspecified atom stereocenters. The second kappa shape index (κ2) is 6.47. The molecule has 0 bridgehead atoms. The zero-order chi connectivity index (χ0) is 15.3. The number of nitro groups is 1. The number of para-hydroxylation sites is 1. The predicted octanol–water partition coefficient (Wildman–Crippen LogP) is 2.12. The smallest absolute Gasteiger partial charge is 0.282 e. The first-order valence-electron chi connectivity index (χ1n) is 6.42. The maximum absolute atomic E-state index is 12.0. The van der Waals surface area contributed by atoms with Crippen LogP contribution in [0.25, 0.3) is 0 Å². The largest absolute Gasteiger partial charge is 0.393 e. The third-order valence-electron chi connectivity index (χ3n) is 2.92. The SMILES string of the molecule is CC(O)CC(C)(C)CNC(=O)c1ccccc1[N+](=O)[O-]. The number of nitro benzene ring substituents is 1. The van der Waals surface area contributed by atoms with E-state index in [2.05, 4.69) is 5.32 Å². The van der Waals surface area contributed by atoms with Gasteiger partial charge in [-0.1, -0.05) is 26.0 Å². The van der Waals surface area contributed by atoms with Crippen LogP contribution in [0.5, 0.6) is 0 Å². The molecule has 6 heteroatoms. The molecule has 2 N–H and O–H groups in total. The van der Waals surface area contributed by atoms with Crippen LogP contribution in [0.3, 0.4) is 0 Å². The monoisotopic (exact) mass is 280 g/mol. The number of rotatable bonds is 6. The number of nitrogens with zero attached hydrogens (tertiary/aromatic N) is 1. The summed E-state index contributed by atoms with van der Waals surface area (Å²) in [5.74, 6) is -0.476. The molecular weight excluding hydrogens is 260 g/mol. The maximum Gasteiger partial charge on any atom is 0.282 e. The standard InChI is InChI=1S/C14H20N2O4/c1-10(17)8-14(2,3)9-15-13(18)11-6-4-5-7-12(11)16(19)20/h4-7,10,17H,8-9H2,1-3H3,(H,15,18). The van der Waals surface area contributed by atoms with Gasteiger partial charge in [0.15, 0.2) is 0 Å². The van der Waals surface area contributed by atoms with Gasteiger partial charge in [-0.05, 0) is 24.8 Å². The van der Waals surface area contributed by atoms with Gasteiger partial charge < -0.3 is 10.4 Å². The van der Waals surface area contributed by atoms with Crippen LogP contribution < -0.4 is 5.32 Å². The van der Waals surface area contributed by atoms with E-state index >= 15 is 0 Å². The first-order chi connectivity index (χ1) is 9.23.